The highest BCUT2D eigenvalue weighted by Crippen LogP contribution is 2.38. The van der Waals surface area contributed by atoms with E-state index in [-0.39, 0.29) is 6.04 Å². The van der Waals surface area contributed by atoms with Crippen molar-refractivity contribution < 1.29 is 4.42 Å². The molecule has 0 saturated heterocycles. The molecule has 1 unspecified atom stereocenters. The number of thiophene rings is 1. The molecule has 2 aromatic heterocycles. The predicted molar refractivity (Wildman–Crippen MR) is 90.4 cm³/mol. The molecule has 0 amide bonds. The minimum absolute atomic E-state index is 0.117. The van der Waals surface area contributed by atoms with Crippen molar-refractivity contribution in [3.05, 3.63) is 55.4 Å². The number of aromatic nitrogens is 2. The van der Waals surface area contributed by atoms with E-state index < -0.39 is 0 Å². The van der Waals surface area contributed by atoms with Gasteiger partial charge in [-0.2, -0.15) is 0 Å². The highest BCUT2D eigenvalue weighted by atomic mass is 79.9. The minimum atomic E-state index is -0.117. The van der Waals surface area contributed by atoms with Crippen LogP contribution in [-0.2, 0) is 0 Å². The third-order valence-corrected chi connectivity index (χ3v) is 5.34. The summed E-state index contributed by atoms with van der Waals surface area (Å²) in [6, 6.07) is 11.9. The van der Waals surface area contributed by atoms with Crippen LogP contribution in [0, 0.1) is 0 Å². The molecule has 1 aromatic carbocycles. The molecular weight excluding hydrogens is 418 g/mol. The zero-order chi connectivity index (χ0) is 14.8. The number of rotatable bonds is 4. The molecular formula is C14H11Br2N3OS. The second-order valence-electron chi connectivity index (χ2n) is 4.32. The molecule has 0 aliphatic rings. The monoisotopic (exact) mass is 427 g/mol. The Kier molecular flexibility index (Phi) is 4.54. The Morgan fingerprint density at radius 3 is 2.57 bits per heavy atom. The Morgan fingerprint density at radius 1 is 1.19 bits per heavy atom. The van der Waals surface area contributed by atoms with Crippen LogP contribution in [0.2, 0.25) is 0 Å². The number of benzene rings is 1. The van der Waals surface area contributed by atoms with E-state index >= 15 is 0 Å². The van der Waals surface area contributed by atoms with Gasteiger partial charge in [-0.3, -0.25) is 0 Å². The average Bonchev–Trinajstić information content (AvgIpc) is 3.08. The maximum Gasteiger partial charge on any atom is 0.249 e. The first-order valence-corrected chi connectivity index (χ1v) is 8.60. The van der Waals surface area contributed by atoms with Crippen LogP contribution in [-0.4, -0.2) is 17.2 Å². The first-order chi connectivity index (χ1) is 10.2. The van der Waals surface area contributed by atoms with Gasteiger partial charge in [-0.25, -0.2) is 0 Å². The summed E-state index contributed by atoms with van der Waals surface area (Å²) in [5.41, 5.74) is 1.98. The van der Waals surface area contributed by atoms with E-state index in [0.717, 1.165) is 18.7 Å². The summed E-state index contributed by atoms with van der Waals surface area (Å²) in [4.78, 5) is 0. The molecule has 0 spiro atoms. The first kappa shape index (κ1) is 14.9. The molecule has 2 heterocycles. The Labute approximate surface area is 142 Å². The van der Waals surface area contributed by atoms with Gasteiger partial charge in [0.25, 0.3) is 0 Å². The van der Waals surface area contributed by atoms with Gasteiger partial charge < -0.3 is 9.73 Å². The van der Waals surface area contributed by atoms with Crippen molar-refractivity contribution in [2.45, 2.75) is 6.04 Å². The maximum absolute atomic E-state index is 5.84. The summed E-state index contributed by atoms with van der Waals surface area (Å²) < 4.78 is 7.82. The summed E-state index contributed by atoms with van der Waals surface area (Å²) in [7, 11) is 1.87. The van der Waals surface area contributed by atoms with Crippen LogP contribution in [0.5, 0.6) is 0 Å². The van der Waals surface area contributed by atoms with Crippen molar-refractivity contribution >= 4 is 43.2 Å². The maximum atomic E-state index is 5.84. The molecule has 0 fully saturated rings. The van der Waals surface area contributed by atoms with Gasteiger partial charge in [-0.05, 0) is 50.5 Å². The molecule has 0 bridgehead atoms. The fourth-order valence-electron chi connectivity index (χ4n) is 2.02. The molecule has 21 heavy (non-hydrogen) atoms. The van der Waals surface area contributed by atoms with Gasteiger partial charge in [0.05, 0.1) is 13.1 Å². The van der Waals surface area contributed by atoms with Crippen LogP contribution in [0.4, 0.5) is 0 Å². The molecule has 108 valence electrons. The third kappa shape index (κ3) is 3.11. The van der Waals surface area contributed by atoms with Gasteiger partial charge in [0.15, 0.2) is 0 Å². The lowest BCUT2D eigenvalue weighted by Gasteiger charge is -2.11. The van der Waals surface area contributed by atoms with Gasteiger partial charge in [0.1, 0.15) is 6.04 Å². The lowest BCUT2D eigenvalue weighted by Crippen LogP contribution is -2.17. The van der Waals surface area contributed by atoms with Crippen molar-refractivity contribution in [1.82, 2.24) is 15.5 Å². The molecule has 0 aliphatic carbocycles. The van der Waals surface area contributed by atoms with E-state index in [1.807, 2.05) is 43.4 Å². The third-order valence-electron chi connectivity index (χ3n) is 3.00. The first-order valence-electron chi connectivity index (χ1n) is 6.20. The highest BCUT2D eigenvalue weighted by Gasteiger charge is 2.21. The molecule has 1 N–H and O–H groups in total. The summed E-state index contributed by atoms with van der Waals surface area (Å²) in [5.74, 6) is 1.06. The molecule has 0 radical (unpaired) electrons. The summed E-state index contributed by atoms with van der Waals surface area (Å²) in [6.07, 6.45) is 0. The number of nitrogens with one attached hydrogen (secondary N) is 1. The van der Waals surface area contributed by atoms with Crippen molar-refractivity contribution in [2.75, 3.05) is 7.05 Å². The predicted octanol–water partition coefficient (Wildman–Crippen LogP) is 4.63. The van der Waals surface area contributed by atoms with Gasteiger partial charge in [0, 0.05) is 0 Å². The van der Waals surface area contributed by atoms with Crippen molar-refractivity contribution in [2.24, 2.45) is 0 Å². The van der Waals surface area contributed by atoms with Crippen molar-refractivity contribution in [3.63, 3.8) is 0 Å². The Balaban J connectivity index is 1.95. The van der Waals surface area contributed by atoms with E-state index in [9.17, 15) is 0 Å². The second-order valence-corrected chi connectivity index (χ2v) is 8.07. The van der Waals surface area contributed by atoms with E-state index in [0.29, 0.717) is 11.8 Å². The number of halogens is 2. The molecule has 3 aromatic rings. The van der Waals surface area contributed by atoms with Gasteiger partial charge >= 0.3 is 0 Å². The van der Waals surface area contributed by atoms with Crippen LogP contribution in [0.1, 0.15) is 17.5 Å². The standard InChI is InChI=1S/C14H11Br2N3OS/c1-17-11(8-5-3-2-4-6-8)14-19-18-13(20-14)9-7-10(15)21-12(9)16/h2-7,11,17H,1H3. The van der Waals surface area contributed by atoms with Gasteiger partial charge in [-0.15, -0.1) is 21.5 Å². The number of hydrogen-bond acceptors (Lipinski definition) is 5. The lowest BCUT2D eigenvalue weighted by molar-refractivity contribution is 0.456. The number of hydrogen-bond donors (Lipinski definition) is 1. The molecule has 0 saturated carbocycles. The summed E-state index contributed by atoms with van der Waals surface area (Å²) in [5, 5.41) is 11.5. The van der Waals surface area contributed by atoms with Crippen LogP contribution in [0.3, 0.4) is 0 Å². The minimum Gasteiger partial charge on any atom is -0.419 e. The average molecular weight is 429 g/mol. The van der Waals surface area contributed by atoms with E-state index in [1.54, 1.807) is 11.3 Å². The Hall–Kier alpha value is -1.02. The number of nitrogens with zero attached hydrogens (tertiary/aromatic N) is 2. The molecule has 3 rings (SSSR count). The molecule has 0 aliphatic heterocycles. The SMILES string of the molecule is CNC(c1ccccc1)c1nnc(-c2cc(Br)sc2Br)o1. The molecule has 7 heteroatoms. The van der Waals surface area contributed by atoms with Crippen molar-refractivity contribution in [1.29, 1.82) is 0 Å². The molecule has 1 atom stereocenters. The zero-order valence-corrected chi connectivity index (χ0v) is 15.0. The Morgan fingerprint density at radius 2 is 1.95 bits per heavy atom. The smallest absolute Gasteiger partial charge is 0.249 e. The highest BCUT2D eigenvalue weighted by molar-refractivity contribution is 9.12. The van der Waals surface area contributed by atoms with Crippen LogP contribution in [0.25, 0.3) is 11.5 Å². The largest absolute Gasteiger partial charge is 0.419 e. The Bertz CT molecular complexity index is 742. The quantitative estimate of drug-likeness (QED) is 0.657. The van der Waals surface area contributed by atoms with Gasteiger partial charge in [0.2, 0.25) is 11.8 Å². The van der Waals surface area contributed by atoms with Gasteiger partial charge in [-0.1, -0.05) is 30.3 Å². The van der Waals surface area contributed by atoms with E-state index in [1.165, 1.54) is 0 Å². The fraction of sp³-hybridized carbons (Fsp3) is 0.143. The van der Waals surface area contributed by atoms with E-state index in [2.05, 4.69) is 47.4 Å². The van der Waals surface area contributed by atoms with Crippen LogP contribution < -0.4 is 5.32 Å². The molecule has 4 nitrogen and oxygen atoms in total. The fourth-order valence-corrected chi connectivity index (χ4v) is 4.80. The van der Waals surface area contributed by atoms with Crippen LogP contribution in [0.15, 0.2) is 48.4 Å². The zero-order valence-electron chi connectivity index (χ0n) is 11.0. The topological polar surface area (TPSA) is 51.0 Å². The summed E-state index contributed by atoms with van der Waals surface area (Å²) >= 11 is 8.53. The lowest BCUT2D eigenvalue weighted by atomic mass is 10.1. The van der Waals surface area contributed by atoms with Crippen LogP contribution >= 0.6 is 43.2 Å². The second kappa shape index (κ2) is 6.39. The normalized spacial score (nSPS) is 12.5. The van der Waals surface area contributed by atoms with E-state index in [4.69, 9.17) is 4.42 Å². The summed E-state index contributed by atoms with van der Waals surface area (Å²) in [6.45, 7) is 0. The van der Waals surface area contributed by atoms with Crippen molar-refractivity contribution in [3.8, 4) is 11.5 Å².